The molecule has 6 aromatic rings. The van der Waals surface area contributed by atoms with Gasteiger partial charge in [-0.25, -0.2) is 0 Å². The Balaban J connectivity index is 1.59. The van der Waals surface area contributed by atoms with Crippen molar-refractivity contribution in [3.05, 3.63) is 131 Å². The average Bonchev–Trinajstić information content (AvgIpc) is 3.28. The summed E-state index contributed by atoms with van der Waals surface area (Å²) in [6.07, 6.45) is 0. The van der Waals surface area contributed by atoms with E-state index >= 15 is 0 Å². The smallest absolute Gasteiger partial charge is 0.0159 e. The van der Waals surface area contributed by atoms with Gasteiger partial charge in [-0.3, -0.25) is 0 Å². The van der Waals surface area contributed by atoms with Crippen molar-refractivity contribution in [1.29, 1.82) is 0 Å². The highest BCUT2D eigenvalue weighted by atomic mass is 14.4. The minimum atomic E-state index is -0.0670. The van der Waals surface area contributed by atoms with Crippen LogP contribution in [0.5, 0.6) is 0 Å². The van der Waals surface area contributed by atoms with Crippen molar-refractivity contribution in [2.24, 2.45) is 0 Å². The van der Waals surface area contributed by atoms with Crippen LogP contribution in [0.4, 0.5) is 0 Å². The zero-order chi connectivity index (χ0) is 25.8. The third-order valence-electron chi connectivity index (χ3n) is 9.44. The largest absolute Gasteiger partial charge is 0.0619 e. The lowest BCUT2D eigenvalue weighted by Crippen LogP contribution is -2.15. The van der Waals surface area contributed by atoms with E-state index in [9.17, 15) is 0 Å². The van der Waals surface area contributed by atoms with Gasteiger partial charge in [0.1, 0.15) is 0 Å². The molecule has 0 fully saturated rings. The number of benzene rings is 5. The van der Waals surface area contributed by atoms with Gasteiger partial charge in [-0.15, -0.1) is 0 Å². The molecule has 0 saturated heterocycles. The highest BCUT2D eigenvalue weighted by Crippen LogP contribution is 2.54. The van der Waals surface area contributed by atoms with Crippen LogP contribution in [0, 0.1) is 0 Å². The molecule has 0 saturated carbocycles. The molecule has 0 aliphatic heterocycles. The van der Waals surface area contributed by atoms with Gasteiger partial charge in [0, 0.05) is 10.8 Å². The Morgan fingerprint density at radius 2 is 0.974 bits per heavy atom. The van der Waals surface area contributed by atoms with Crippen molar-refractivity contribution in [2.45, 2.75) is 38.5 Å². The Morgan fingerprint density at radius 1 is 0.395 bits per heavy atom. The van der Waals surface area contributed by atoms with Gasteiger partial charge in [-0.1, -0.05) is 119 Å². The summed E-state index contributed by atoms with van der Waals surface area (Å²) in [5.41, 5.74) is 11.0. The van der Waals surface area contributed by atoms with E-state index in [2.05, 4.69) is 137 Å². The van der Waals surface area contributed by atoms with Crippen molar-refractivity contribution >= 4 is 32.3 Å². The van der Waals surface area contributed by atoms with Crippen LogP contribution < -0.4 is 0 Å². The fourth-order valence-electron chi connectivity index (χ4n) is 7.50. The summed E-state index contributed by atoms with van der Waals surface area (Å²) in [5.74, 6) is 0. The van der Waals surface area contributed by atoms with Crippen LogP contribution in [0.25, 0.3) is 54.6 Å². The Kier molecular flexibility index (Phi) is 4.17. The molecule has 0 heteroatoms. The summed E-state index contributed by atoms with van der Waals surface area (Å²) in [4.78, 5) is 0. The quantitative estimate of drug-likeness (QED) is 0.200. The Bertz CT molecular complexity index is 2020. The van der Waals surface area contributed by atoms with Crippen LogP contribution in [0.15, 0.2) is 109 Å². The molecule has 6 aromatic carbocycles. The maximum atomic E-state index is 2.51. The molecular formula is C38H30. The molecule has 38 heavy (non-hydrogen) atoms. The van der Waals surface area contributed by atoms with Crippen LogP contribution in [-0.4, -0.2) is 0 Å². The molecule has 2 aliphatic carbocycles. The normalized spacial score (nSPS) is 15.8. The third kappa shape index (κ3) is 2.65. The van der Waals surface area contributed by atoms with Crippen LogP contribution in [0.3, 0.4) is 0 Å². The van der Waals surface area contributed by atoms with Crippen LogP contribution in [0.2, 0.25) is 0 Å². The SMILES string of the molecule is CC1(C)c2ccccc2-c2ccccc3cc(cc21)c1cc2c(c4cccc3c41)-c1ccccc1C2(C)C. The Morgan fingerprint density at radius 3 is 1.74 bits per heavy atom. The second-order valence-corrected chi connectivity index (χ2v) is 12.2. The van der Waals surface area contributed by atoms with Crippen molar-refractivity contribution in [1.82, 2.24) is 0 Å². The van der Waals surface area contributed by atoms with E-state index in [4.69, 9.17) is 0 Å². The fourth-order valence-corrected chi connectivity index (χ4v) is 7.50. The lowest BCUT2D eigenvalue weighted by molar-refractivity contribution is 0.661. The van der Waals surface area contributed by atoms with Crippen molar-refractivity contribution in [2.75, 3.05) is 0 Å². The molecule has 0 aromatic heterocycles. The van der Waals surface area contributed by atoms with Crippen LogP contribution in [-0.2, 0) is 10.8 Å². The van der Waals surface area contributed by atoms with Gasteiger partial charge >= 0.3 is 0 Å². The monoisotopic (exact) mass is 486 g/mol. The molecule has 0 nitrogen and oxygen atoms in total. The number of hydrogen-bond donors (Lipinski definition) is 0. The van der Waals surface area contributed by atoms with Gasteiger partial charge in [0.25, 0.3) is 0 Å². The van der Waals surface area contributed by atoms with Gasteiger partial charge in [0.15, 0.2) is 0 Å². The molecule has 0 N–H and O–H groups in total. The van der Waals surface area contributed by atoms with Crippen molar-refractivity contribution in [3.63, 3.8) is 0 Å². The Hall–Kier alpha value is -4.16. The van der Waals surface area contributed by atoms with Crippen molar-refractivity contribution in [3.8, 4) is 22.3 Å². The molecule has 0 spiro atoms. The molecule has 0 atom stereocenters. The first kappa shape index (κ1) is 21.9. The lowest BCUT2D eigenvalue weighted by Gasteiger charge is -2.23. The van der Waals surface area contributed by atoms with Crippen LogP contribution >= 0.6 is 0 Å². The molecule has 0 heterocycles. The maximum absolute atomic E-state index is 2.51. The fraction of sp³-hybridized carbons (Fsp3) is 0.158. The highest BCUT2D eigenvalue weighted by molar-refractivity contribution is 6.26. The minimum Gasteiger partial charge on any atom is -0.0619 e. The predicted molar refractivity (Wildman–Crippen MR) is 163 cm³/mol. The van der Waals surface area contributed by atoms with Crippen LogP contribution in [0.1, 0.15) is 49.9 Å². The molecular weight excluding hydrogens is 456 g/mol. The molecule has 0 radical (unpaired) electrons. The standard InChI is InChI=1S/C38H30/c1-37(2)31-18-9-7-13-26(31)27-14-6-5-12-23-20-24(21-33(27)37)30-22-34-36(29-17-11-16-25(23)35(29)30)28-15-8-10-19-32(28)38(34,3)4/h5-22H,1-4H3. The van der Waals surface area contributed by atoms with E-state index in [-0.39, 0.29) is 10.8 Å². The zero-order valence-electron chi connectivity index (χ0n) is 22.4. The van der Waals surface area contributed by atoms with Crippen molar-refractivity contribution < 1.29 is 0 Å². The van der Waals surface area contributed by atoms with Gasteiger partial charge in [0.2, 0.25) is 0 Å². The first-order valence-electron chi connectivity index (χ1n) is 13.7. The number of fused-ring (bicyclic) bond motifs is 11. The summed E-state index contributed by atoms with van der Waals surface area (Å²) in [6.45, 7) is 9.52. The summed E-state index contributed by atoms with van der Waals surface area (Å²) < 4.78 is 0. The Labute approximate surface area is 224 Å². The van der Waals surface area contributed by atoms with Gasteiger partial charge in [-0.05, 0) is 95.0 Å². The van der Waals surface area contributed by atoms with E-state index in [1.165, 1.54) is 76.8 Å². The van der Waals surface area contributed by atoms with Gasteiger partial charge in [-0.2, -0.15) is 0 Å². The molecule has 182 valence electrons. The molecule has 0 amide bonds. The second-order valence-electron chi connectivity index (χ2n) is 12.2. The molecule has 2 bridgehead atoms. The second kappa shape index (κ2) is 7.23. The summed E-state index contributed by atoms with van der Waals surface area (Å²) in [7, 11) is 0. The first-order chi connectivity index (χ1) is 18.4. The predicted octanol–water partition coefficient (Wildman–Crippen LogP) is 10.3. The summed E-state index contributed by atoms with van der Waals surface area (Å²) in [5, 5.41) is 8.03. The summed E-state index contributed by atoms with van der Waals surface area (Å²) >= 11 is 0. The van der Waals surface area contributed by atoms with E-state index in [1.54, 1.807) is 0 Å². The third-order valence-corrected chi connectivity index (χ3v) is 9.44. The van der Waals surface area contributed by atoms with E-state index in [0.29, 0.717) is 0 Å². The first-order valence-corrected chi connectivity index (χ1v) is 13.7. The minimum absolute atomic E-state index is 0.0386. The lowest BCUT2D eigenvalue weighted by atomic mass is 9.80. The average molecular weight is 487 g/mol. The van der Waals surface area contributed by atoms with Gasteiger partial charge < -0.3 is 0 Å². The molecule has 2 aliphatic rings. The van der Waals surface area contributed by atoms with E-state index < -0.39 is 0 Å². The number of hydrogen-bond acceptors (Lipinski definition) is 0. The zero-order valence-corrected chi connectivity index (χ0v) is 22.4. The molecule has 8 rings (SSSR count). The topological polar surface area (TPSA) is 0 Å². The van der Waals surface area contributed by atoms with E-state index in [0.717, 1.165) is 0 Å². The molecule has 0 unspecified atom stereocenters. The number of rotatable bonds is 0. The maximum Gasteiger partial charge on any atom is 0.0159 e. The van der Waals surface area contributed by atoms with E-state index in [1.807, 2.05) is 0 Å². The summed E-state index contributed by atoms with van der Waals surface area (Å²) in [6, 6.07) is 41.2. The van der Waals surface area contributed by atoms with Gasteiger partial charge in [0.05, 0.1) is 0 Å². The highest BCUT2D eigenvalue weighted by Gasteiger charge is 2.37.